The molecule has 0 aromatic carbocycles. The highest BCUT2D eigenvalue weighted by Gasteiger charge is 2.40. The van der Waals surface area contributed by atoms with Crippen molar-refractivity contribution in [1.29, 1.82) is 0 Å². The van der Waals surface area contributed by atoms with Crippen LogP contribution in [0.5, 0.6) is 0 Å². The maximum absolute atomic E-state index is 11.3. The van der Waals surface area contributed by atoms with E-state index in [1.54, 1.807) is 0 Å². The maximum atomic E-state index is 11.3. The van der Waals surface area contributed by atoms with Gasteiger partial charge in [0.1, 0.15) is 0 Å². The van der Waals surface area contributed by atoms with Crippen LogP contribution in [-0.2, 0) is 14.4 Å². The number of hydrogen-bond donors (Lipinski definition) is 3. The van der Waals surface area contributed by atoms with E-state index in [1.807, 2.05) is 0 Å². The number of aliphatic carboxylic acids is 2. The summed E-state index contributed by atoms with van der Waals surface area (Å²) in [5, 5.41) is 26.1. The van der Waals surface area contributed by atoms with E-state index in [0.717, 1.165) is 4.90 Å². The first-order valence-corrected chi connectivity index (χ1v) is 4.33. The van der Waals surface area contributed by atoms with Gasteiger partial charge in [-0.2, -0.15) is 0 Å². The molecule has 0 saturated carbocycles. The van der Waals surface area contributed by atoms with Gasteiger partial charge in [-0.1, -0.05) is 0 Å². The number of likely N-dealkylation sites (tertiary alicyclic amines) is 1. The van der Waals surface area contributed by atoms with E-state index in [-0.39, 0.29) is 13.0 Å². The van der Waals surface area contributed by atoms with Crippen LogP contribution in [-0.4, -0.2) is 57.3 Å². The predicted octanol–water partition coefficient (Wildman–Crippen LogP) is -1.63. The van der Waals surface area contributed by atoms with Gasteiger partial charge in [-0.3, -0.25) is 9.59 Å². The topological polar surface area (TPSA) is 115 Å². The van der Waals surface area contributed by atoms with Crippen molar-refractivity contribution in [3.05, 3.63) is 0 Å². The zero-order valence-electron chi connectivity index (χ0n) is 7.79. The largest absolute Gasteiger partial charge is 0.481 e. The van der Waals surface area contributed by atoms with E-state index in [4.69, 9.17) is 15.3 Å². The summed E-state index contributed by atoms with van der Waals surface area (Å²) in [6.45, 7) is -0.876. The third kappa shape index (κ3) is 2.24. The summed E-state index contributed by atoms with van der Waals surface area (Å²) in [6.07, 6.45) is -0.209. The van der Waals surface area contributed by atoms with Gasteiger partial charge in [0.05, 0.1) is 12.5 Å². The van der Waals surface area contributed by atoms with E-state index in [9.17, 15) is 14.4 Å². The van der Waals surface area contributed by atoms with Crippen molar-refractivity contribution in [2.75, 3.05) is 13.2 Å². The minimum Gasteiger partial charge on any atom is -0.481 e. The summed E-state index contributed by atoms with van der Waals surface area (Å²) >= 11 is 0. The van der Waals surface area contributed by atoms with Crippen molar-refractivity contribution in [1.82, 2.24) is 4.90 Å². The molecule has 0 aromatic heterocycles. The van der Waals surface area contributed by atoms with Crippen molar-refractivity contribution in [2.24, 2.45) is 5.92 Å². The standard InChI is InChI=1S/C8H11NO6/c10-3-5(8(14)15)9-2-4(7(12)13)1-6(9)11/h4-5,10H,1-3H2,(H,12,13)(H,14,15). The Kier molecular flexibility index (Phi) is 3.25. The minimum atomic E-state index is -1.35. The Hall–Kier alpha value is -1.63. The summed E-state index contributed by atoms with van der Waals surface area (Å²) in [7, 11) is 0. The average molecular weight is 217 g/mol. The minimum absolute atomic E-state index is 0.161. The second kappa shape index (κ2) is 4.26. The molecule has 84 valence electrons. The molecule has 15 heavy (non-hydrogen) atoms. The molecule has 7 heteroatoms. The van der Waals surface area contributed by atoms with Crippen molar-refractivity contribution < 1.29 is 29.7 Å². The number of hydrogen-bond acceptors (Lipinski definition) is 4. The van der Waals surface area contributed by atoms with Crippen LogP contribution in [0.2, 0.25) is 0 Å². The number of carboxylic acid groups (broad SMARTS) is 2. The number of carboxylic acids is 2. The lowest BCUT2D eigenvalue weighted by molar-refractivity contribution is -0.150. The Morgan fingerprint density at radius 3 is 2.40 bits per heavy atom. The monoisotopic (exact) mass is 217 g/mol. The number of aliphatic hydroxyl groups excluding tert-OH is 1. The number of amides is 1. The highest BCUT2D eigenvalue weighted by molar-refractivity contribution is 5.89. The molecule has 0 aromatic rings. The van der Waals surface area contributed by atoms with Crippen LogP contribution < -0.4 is 0 Å². The fraction of sp³-hybridized carbons (Fsp3) is 0.625. The Balaban J connectivity index is 2.75. The normalized spacial score (nSPS) is 22.9. The van der Waals surface area contributed by atoms with Gasteiger partial charge >= 0.3 is 11.9 Å². The number of aliphatic hydroxyl groups is 1. The molecule has 1 rings (SSSR count). The number of nitrogens with zero attached hydrogens (tertiary/aromatic N) is 1. The lowest BCUT2D eigenvalue weighted by Crippen LogP contribution is -2.44. The third-order valence-corrected chi connectivity index (χ3v) is 2.34. The molecule has 1 saturated heterocycles. The second-order valence-corrected chi connectivity index (χ2v) is 3.32. The van der Waals surface area contributed by atoms with Gasteiger partial charge in [0.2, 0.25) is 5.91 Å². The van der Waals surface area contributed by atoms with Crippen molar-refractivity contribution >= 4 is 17.8 Å². The van der Waals surface area contributed by atoms with Crippen LogP contribution in [0.25, 0.3) is 0 Å². The Morgan fingerprint density at radius 2 is 2.07 bits per heavy atom. The van der Waals surface area contributed by atoms with Gasteiger partial charge in [0, 0.05) is 13.0 Å². The Bertz CT molecular complexity index is 302. The molecule has 3 N–H and O–H groups in total. The highest BCUT2D eigenvalue weighted by Crippen LogP contribution is 2.20. The SMILES string of the molecule is O=C(O)C1CC(=O)N(C(CO)C(=O)O)C1. The van der Waals surface area contributed by atoms with Gasteiger partial charge < -0.3 is 20.2 Å². The van der Waals surface area contributed by atoms with Crippen molar-refractivity contribution in [3.8, 4) is 0 Å². The van der Waals surface area contributed by atoms with E-state index in [1.165, 1.54) is 0 Å². The molecular formula is C8H11NO6. The van der Waals surface area contributed by atoms with Crippen molar-refractivity contribution in [3.63, 3.8) is 0 Å². The molecule has 2 atom stereocenters. The van der Waals surface area contributed by atoms with Crippen molar-refractivity contribution in [2.45, 2.75) is 12.5 Å². The molecule has 1 fully saturated rings. The summed E-state index contributed by atoms with van der Waals surface area (Å²) < 4.78 is 0. The molecule has 1 aliphatic heterocycles. The highest BCUT2D eigenvalue weighted by atomic mass is 16.4. The fourth-order valence-corrected chi connectivity index (χ4v) is 1.51. The van der Waals surface area contributed by atoms with Crippen LogP contribution in [0.1, 0.15) is 6.42 Å². The van der Waals surface area contributed by atoms with E-state index < -0.39 is 36.4 Å². The molecule has 1 amide bonds. The molecule has 0 spiro atoms. The summed E-state index contributed by atoms with van der Waals surface area (Å²) in [5.41, 5.74) is 0. The zero-order chi connectivity index (χ0) is 11.6. The Labute approximate surface area is 84.9 Å². The predicted molar refractivity (Wildman–Crippen MR) is 46.0 cm³/mol. The van der Waals surface area contributed by atoms with E-state index in [2.05, 4.69) is 0 Å². The summed E-state index contributed by atoms with van der Waals surface area (Å²) in [6, 6.07) is -1.35. The van der Waals surface area contributed by atoms with Crippen LogP contribution in [0.3, 0.4) is 0 Å². The van der Waals surface area contributed by atoms with Gasteiger partial charge in [0.15, 0.2) is 6.04 Å². The molecule has 7 nitrogen and oxygen atoms in total. The second-order valence-electron chi connectivity index (χ2n) is 3.32. The van der Waals surface area contributed by atoms with Gasteiger partial charge in [-0.05, 0) is 0 Å². The lowest BCUT2D eigenvalue weighted by Gasteiger charge is -2.22. The molecule has 0 aliphatic carbocycles. The molecule has 0 radical (unpaired) electrons. The molecule has 1 aliphatic rings. The average Bonchev–Trinajstić information content (AvgIpc) is 2.49. The summed E-state index contributed by atoms with van der Waals surface area (Å²) in [4.78, 5) is 33.4. The van der Waals surface area contributed by atoms with E-state index >= 15 is 0 Å². The van der Waals surface area contributed by atoms with Crippen LogP contribution in [0, 0.1) is 5.92 Å². The van der Waals surface area contributed by atoms with Crippen LogP contribution in [0.4, 0.5) is 0 Å². The zero-order valence-corrected chi connectivity index (χ0v) is 7.79. The number of rotatable bonds is 4. The first-order chi connectivity index (χ1) is 6.97. The molecule has 0 bridgehead atoms. The first-order valence-electron chi connectivity index (χ1n) is 4.33. The fourth-order valence-electron chi connectivity index (χ4n) is 1.51. The van der Waals surface area contributed by atoms with Crippen LogP contribution >= 0.6 is 0 Å². The lowest BCUT2D eigenvalue weighted by atomic mass is 10.1. The summed E-state index contributed by atoms with van der Waals surface area (Å²) in [5.74, 6) is -3.90. The van der Waals surface area contributed by atoms with Crippen LogP contribution in [0.15, 0.2) is 0 Å². The number of carbonyl (C=O) groups excluding carboxylic acids is 1. The van der Waals surface area contributed by atoms with Gasteiger partial charge in [-0.25, -0.2) is 4.79 Å². The molecule has 1 heterocycles. The number of carbonyl (C=O) groups is 3. The van der Waals surface area contributed by atoms with Gasteiger partial charge in [0.25, 0.3) is 0 Å². The first kappa shape index (κ1) is 11.4. The smallest absolute Gasteiger partial charge is 0.328 e. The third-order valence-electron chi connectivity index (χ3n) is 2.34. The van der Waals surface area contributed by atoms with Gasteiger partial charge in [-0.15, -0.1) is 0 Å². The maximum Gasteiger partial charge on any atom is 0.328 e. The quantitative estimate of drug-likeness (QED) is 0.520. The Morgan fingerprint density at radius 1 is 1.47 bits per heavy atom. The molecular weight excluding hydrogens is 206 g/mol. The van der Waals surface area contributed by atoms with E-state index in [0.29, 0.717) is 0 Å². The molecule has 2 unspecified atom stereocenters.